The van der Waals surface area contributed by atoms with Crippen LogP contribution in [0.4, 0.5) is 0 Å². The number of hydrogen-bond donors (Lipinski definition) is 0. The molecule has 0 heterocycles. The van der Waals surface area contributed by atoms with E-state index in [0.29, 0.717) is 0 Å². The maximum Gasteiger partial charge on any atom is 0.0659 e. The average Bonchev–Trinajstić information content (AvgIpc) is 2.45. The molecular formula is C16H15Br2ClO. The van der Waals surface area contributed by atoms with Crippen LogP contribution in [-0.4, -0.2) is 13.7 Å². The zero-order valence-electron chi connectivity index (χ0n) is 11.1. The van der Waals surface area contributed by atoms with E-state index in [1.54, 1.807) is 7.11 Å². The number of halogens is 3. The van der Waals surface area contributed by atoms with Crippen LogP contribution in [0.5, 0.6) is 0 Å². The van der Waals surface area contributed by atoms with E-state index >= 15 is 0 Å². The fourth-order valence-corrected chi connectivity index (χ4v) is 3.58. The summed E-state index contributed by atoms with van der Waals surface area (Å²) in [6.07, 6.45) is 0.933. The van der Waals surface area contributed by atoms with Gasteiger partial charge in [-0.25, -0.2) is 0 Å². The molecule has 1 atom stereocenters. The molecule has 4 heteroatoms. The third-order valence-electron chi connectivity index (χ3n) is 3.10. The van der Waals surface area contributed by atoms with Crippen LogP contribution in [0.2, 0.25) is 5.02 Å². The summed E-state index contributed by atoms with van der Waals surface area (Å²) in [5.41, 5.74) is 3.53. The lowest BCUT2D eigenvalue weighted by Crippen LogP contribution is -1.97. The summed E-state index contributed by atoms with van der Waals surface area (Å²) in [7, 11) is 1.72. The molecule has 0 spiro atoms. The molecule has 0 aliphatic carbocycles. The molecule has 0 saturated carbocycles. The molecule has 20 heavy (non-hydrogen) atoms. The van der Waals surface area contributed by atoms with Crippen molar-refractivity contribution < 1.29 is 4.74 Å². The van der Waals surface area contributed by atoms with Gasteiger partial charge >= 0.3 is 0 Å². The second-order valence-corrected chi connectivity index (χ2v) is 6.75. The first-order valence-corrected chi connectivity index (χ1v) is 8.37. The summed E-state index contributed by atoms with van der Waals surface area (Å²) in [6.45, 7) is 0.746. The third-order valence-corrected chi connectivity index (χ3v) is 4.95. The van der Waals surface area contributed by atoms with Crippen LogP contribution in [0.3, 0.4) is 0 Å². The highest BCUT2D eigenvalue weighted by atomic mass is 79.9. The monoisotopic (exact) mass is 416 g/mol. The van der Waals surface area contributed by atoms with Crippen molar-refractivity contribution in [3.05, 3.63) is 68.7 Å². The summed E-state index contributed by atoms with van der Waals surface area (Å²) < 4.78 is 6.08. The first-order chi connectivity index (χ1) is 9.61. The van der Waals surface area contributed by atoms with E-state index in [4.69, 9.17) is 16.3 Å². The fraction of sp³-hybridized carbons (Fsp3) is 0.250. The second kappa shape index (κ2) is 7.60. The molecule has 2 rings (SSSR count). The Morgan fingerprint density at radius 2 is 1.85 bits per heavy atom. The highest BCUT2D eigenvalue weighted by Gasteiger charge is 2.13. The van der Waals surface area contributed by atoms with E-state index in [-0.39, 0.29) is 4.83 Å². The largest absolute Gasteiger partial charge is 0.384 e. The molecule has 0 fully saturated rings. The summed E-state index contributed by atoms with van der Waals surface area (Å²) in [5.74, 6) is 0. The summed E-state index contributed by atoms with van der Waals surface area (Å²) in [4.78, 5) is 0.0968. The van der Waals surface area contributed by atoms with Crippen LogP contribution >= 0.6 is 43.5 Å². The Labute approximate surface area is 141 Å². The van der Waals surface area contributed by atoms with E-state index in [1.807, 2.05) is 18.2 Å². The maximum atomic E-state index is 6.30. The minimum Gasteiger partial charge on any atom is -0.384 e. The molecule has 2 aromatic carbocycles. The van der Waals surface area contributed by atoms with Gasteiger partial charge in [0, 0.05) is 16.6 Å². The minimum absolute atomic E-state index is 0.0968. The van der Waals surface area contributed by atoms with E-state index in [0.717, 1.165) is 28.1 Å². The Bertz CT molecular complexity index is 569. The molecule has 0 saturated heterocycles. The molecular weight excluding hydrogens is 403 g/mol. The molecule has 0 aliphatic heterocycles. The minimum atomic E-state index is 0.0968. The Kier molecular flexibility index (Phi) is 6.09. The number of alkyl halides is 1. The fourth-order valence-electron chi connectivity index (χ4n) is 1.96. The van der Waals surface area contributed by atoms with Crippen molar-refractivity contribution in [2.24, 2.45) is 0 Å². The molecule has 0 N–H and O–H groups in total. The molecule has 1 unspecified atom stereocenters. The van der Waals surface area contributed by atoms with E-state index < -0.39 is 0 Å². The topological polar surface area (TPSA) is 9.23 Å². The van der Waals surface area contributed by atoms with Crippen molar-refractivity contribution in [3.8, 4) is 0 Å². The van der Waals surface area contributed by atoms with Gasteiger partial charge in [0.05, 0.1) is 11.4 Å². The van der Waals surface area contributed by atoms with E-state index in [9.17, 15) is 0 Å². The molecule has 0 aliphatic rings. The third kappa shape index (κ3) is 4.08. The van der Waals surface area contributed by atoms with Gasteiger partial charge < -0.3 is 4.74 Å². The van der Waals surface area contributed by atoms with E-state index in [2.05, 4.69) is 56.1 Å². The second-order valence-electron chi connectivity index (χ2n) is 4.51. The highest BCUT2D eigenvalue weighted by molar-refractivity contribution is 9.10. The van der Waals surface area contributed by atoms with Crippen molar-refractivity contribution in [2.45, 2.75) is 11.2 Å². The van der Waals surface area contributed by atoms with Crippen molar-refractivity contribution in [2.75, 3.05) is 13.7 Å². The van der Waals surface area contributed by atoms with Gasteiger partial charge in [0.15, 0.2) is 0 Å². The zero-order chi connectivity index (χ0) is 14.5. The Morgan fingerprint density at radius 1 is 1.15 bits per heavy atom. The van der Waals surface area contributed by atoms with Gasteiger partial charge in [0.25, 0.3) is 0 Å². The molecule has 0 aromatic heterocycles. The van der Waals surface area contributed by atoms with Crippen LogP contribution in [0, 0.1) is 0 Å². The first-order valence-electron chi connectivity index (χ1n) is 6.28. The normalized spacial score (nSPS) is 12.4. The summed E-state index contributed by atoms with van der Waals surface area (Å²) >= 11 is 13.4. The quantitative estimate of drug-likeness (QED) is 0.560. The predicted molar refractivity (Wildman–Crippen MR) is 91.9 cm³/mol. The molecule has 0 bridgehead atoms. The van der Waals surface area contributed by atoms with Crippen LogP contribution in [0.1, 0.15) is 21.5 Å². The average molecular weight is 419 g/mol. The van der Waals surface area contributed by atoms with Crippen LogP contribution in [0.25, 0.3) is 0 Å². The predicted octanol–water partition coefficient (Wildman–Crippen LogP) is 5.78. The van der Waals surface area contributed by atoms with Gasteiger partial charge in [0.2, 0.25) is 0 Å². The molecule has 106 valence electrons. The summed E-state index contributed by atoms with van der Waals surface area (Å²) in [5, 5.41) is 0.754. The molecule has 0 amide bonds. The first kappa shape index (κ1) is 16.0. The number of methoxy groups -OCH3 is 1. The maximum absolute atomic E-state index is 6.30. The lowest BCUT2D eigenvalue weighted by molar-refractivity contribution is 0.202. The van der Waals surface area contributed by atoms with Gasteiger partial charge in [-0.15, -0.1) is 0 Å². The standard InChI is InChI=1S/C16H15Br2ClO/c1-20-9-8-11-2-4-12(5-3-11)16(18)14-7-6-13(17)10-15(14)19/h2-7,10,16H,8-9H2,1H3. The van der Waals surface area contributed by atoms with Gasteiger partial charge in [-0.1, -0.05) is 73.8 Å². The van der Waals surface area contributed by atoms with Crippen LogP contribution in [0.15, 0.2) is 46.9 Å². The van der Waals surface area contributed by atoms with Gasteiger partial charge in [-0.2, -0.15) is 0 Å². The smallest absolute Gasteiger partial charge is 0.0659 e. The number of rotatable bonds is 5. The Hall–Kier alpha value is -0.350. The number of hydrogen-bond acceptors (Lipinski definition) is 1. The number of ether oxygens (including phenoxy) is 1. The lowest BCUT2D eigenvalue weighted by Gasteiger charge is -2.13. The van der Waals surface area contributed by atoms with Gasteiger partial charge in [-0.05, 0) is 35.2 Å². The molecule has 0 radical (unpaired) electrons. The molecule has 2 aromatic rings. The number of benzene rings is 2. The van der Waals surface area contributed by atoms with Gasteiger partial charge in [0.1, 0.15) is 0 Å². The van der Waals surface area contributed by atoms with Crippen LogP contribution in [-0.2, 0) is 11.2 Å². The lowest BCUT2D eigenvalue weighted by atomic mass is 10.0. The van der Waals surface area contributed by atoms with Crippen molar-refractivity contribution in [1.82, 2.24) is 0 Å². The van der Waals surface area contributed by atoms with Crippen molar-refractivity contribution in [3.63, 3.8) is 0 Å². The Morgan fingerprint density at radius 3 is 2.45 bits per heavy atom. The van der Waals surface area contributed by atoms with E-state index in [1.165, 1.54) is 11.1 Å². The summed E-state index contributed by atoms with van der Waals surface area (Å²) in [6, 6.07) is 14.5. The highest BCUT2D eigenvalue weighted by Crippen LogP contribution is 2.36. The van der Waals surface area contributed by atoms with Gasteiger partial charge in [-0.3, -0.25) is 0 Å². The Balaban J connectivity index is 2.18. The van der Waals surface area contributed by atoms with Crippen molar-refractivity contribution >= 4 is 43.5 Å². The van der Waals surface area contributed by atoms with Crippen LogP contribution < -0.4 is 0 Å². The zero-order valence-corrected chi connectivity index (χ0v) is 15.0. The SMILES string of the molecule is COCCc1ccc(C(Br)c2ccc(Br)cc2Cl)cc1. The van der Waals surface area contributed by atoms with Crippen molar-refractivity contribution in [1.29, 1.82) is 0 Å². The molecule has 1 nitrogen and oxygen atoms in total.